The van der Waals surface area contributed by atoms with E-state index in [1.807, 2.05) is 32.0 Å². The normalized spacial score (nSPS) is 12.1. The molecule has 0 heterocycles. The van der Waals surface area contributed by atoms with E-state index in [1.54, 1.807) is 0 Å². The average molecular weight is 236 g/mol. The first-order valence-electron chi connectivity index (χ1n) is 5.74. The fraction of sp³-hybridized carbons (Fsp3) is 0.385. The second kappa shape index (κ2) is 7.38. The molecule has 1 rings (SSSR count). The van der Waals surface area contributed by atoms with Crippen LogP contribution in [-0.4, -0.2) is 22.5 Å². The first-order valence-corrected chi connectivity index (χ1v) is 7.26. The monoisotopic (exact) mass is 236 g/mol. The van der Waals surface area contributed by atoms with Gasteiger partial charge in [-0.1, -0.05) is 36.4 Å². The lowest BCUT2D eigenvalue weighted by Crippen LogP contribution is -2.24. The van der Waals surface area contributed by atoms with Gasteiger partial charge in [-0.2, -0.15) is 0 Å². The highest BCUT2D eigenvalue weighted by Crippen LogP contribution is 2.10. The predicted molar refractivity (Wildman–Crippen MR) is 70.5 cm³/mol. The zero-order valence-electron chi connectivity index (χ0n) is 10.3. The van der Waals surface area contributed by atoms with Gasteiger partial charge in [0.2, 0.25) is 0 Å². The molecule has 0 saturated carbocycles. The van der Waals surface area contributed by atoms with Crippen LogP contribution in [0.15, 0.2) is 35.5 Å². The Hall–Kier alpha value is -0.903. The maximum atomic E-state index is 5.66. The minimum Gasteiger partial charge on any atom is -0.394 e. The van der Waals surface area contributed by atoms with Crippen molar-refractivity contribution in [1.82, 2.24) is 0 Å². The fourth-order valence-corrected chi connectivity index (χ4v) is 3.05. The van der Waals surface area contributed by atoms with Crippen molar-refractivity contribution in [1.29, 1.82) is 0 Å². The number of allylic oxidation sites excluding steroid dienone is 1. The van der Waals surface area contributed by atoms with Crippen LogP contribution in [0.1, 0.15) is 26.3 Å². The van der Waals surface area contributed by atoms with Crippen molar-refractivity contribution in [3.8, 4) is 0 Å². The van der Waals surface area contributed by atoms with Crippen LogP contribution in [0.4, 0.5) is 0 Å². The molecule has 0 radical (unpaired) electrons. The van der Waals surface area contributed by atoms with Crippen LogP contribution in [-0.2, 0) is 8.85 Å². The molecule has 16 heavy (non-hydrogen) atoms. The predicted octanol–water partition coefficient (Wildman–Crippen LogP) is 2.92. The van der Waals surface area contributed by atoms with Gasteiger partial charge in [0.25, 0.3) is 0 Å². The molecule has 0 bridgehead atoms. The lowest BCUT2D eigenvalue weighted by atomic mass is 10.2. The summed E-state index contributed by atoms with van der Waals surface area (Å²) in [6, 6.07) is 10.3. The zero-order valence-corrected chi connectivity index (χ0v) is 11.4. The van der Waals surface area contributed by atoms with E-state index < -0.39 is 9.28 Å². The van der Waals surface area contributed by atoms with Crippen molar-refractivity contribution in [2.24, 2.45) is 0 Å². The van der Waals surface area contributed by atoms with Crippen molar-refractivity contribution in [2.75, 3.05) is 13.2 Å². The summed E-state index contributed by atoms with van der Waals surface area (Å²) in [5.74, 6) is 0. The highest BCUT2D eigenvalue weighted by molar-refractivity contribution is 6.54. The molecule has 0 amide bonds. The molecule has 3 heteroatoms. The fourth-order valence-electron chi connectivity index (χ4n) is 1.49. The van der Waals surface area contributed by atoms with Gasteiger partial charge in [0.15, 0.2) is 0 Å². The first-order chi connectivity index (χ1) is 7.77. The molecule has 2 nitrogen and oxygen atoms in total. The van der Waals surface area contributed by atoms with Crippen molar-refractivity contribution in [2.45, 2.75) is 20.8 Å². The number of rotatable bonds is 6. The maximum absolute atomic E-state index is 5.66. The van der Waals surface area contributed by atoms with E-state index in [1.165, 1.54) is 10.8 Å². The number of benzene rings is 1. The smallest absolute Gasteiger partial charge is 0.351 e. The van der Waals surface area contributed by atoms with E-state index in [2.05, 4.69) is 25.1 Å². The molecule has 88 valence electrons. The molecule has 0 unspecified atom stereocenters. The van der Waals surface area contributed by atoms with Gasteiger partial charge in [-0.15, -0.1) is 0 Å². The van der Waals surface area contributed by atoms with E-state index in [0.29, 0.717) is 0 Å². The van der Waals surface area contributed by atoms with Gasteiger partial charge in [0.05, 0.1) is 0 Å². The lowest BCUT2D eigenvalue weighted by Gasteiger charge is -2.15. The Bertz CT molecular complexity index is 316. The Morgan fingerprint density at radius 1 is 1.12 bits per heavy atom. The molecule has 0 aliphatic heterocycles. The summed E-state index contributed by atoms with van der Waals surface area (Å²) in [6.07, 6.45) is 2.15. The first kappa shape index (κ1) is 13.2. The average Bonchev–Trinajstić information content (AvgIpc) is 2.30. The molecule has 0 aliphatic carbocycles. The molecule has 0 fully saturated rings. The van der Waals surface area contributed by atoms with Crippen molar-refractivity contribution in [3.63, 3.8) is 0 Å². The molecule has 1 aromatic carbocycles. The van der Waals surface area contributed by atoms with Gasteiger partial charge in [-0.05, 0) is 31.5 Å². The molecule has 0 aromatic heterocycles. The van der Waals surface area contributed by atoms with Crippen LogP contribution >= 0.6 is 0 Å². The molecule has 0 aliphatic rings. The Morgan fingerprint density at radius 3 is 2.19 bits per heavy atom. The maximum Gasteiger partial charge on any atom is 0.351 e. The van der Waals surface area contributed by atoms with Crippen LogP contribution in [0.2, 0.25) is 0 Å². The molecular weight excluding hydrogens is 216 g/mol. The highest BCUT2D eigenvalue weighted by atomic mass is 28.3. The minimum absolute atomic E-state index is 0.719. The van der Waals surface area contributed by atoms with Crippen molar-refractivity contribution < 1.29 is 8.85 Å². The summed E-state index contributed by atoms with van der Waals surface area (Å²) in [7, 11) is -1.64. The summed E-state index contributed by atoms with van der Waals surface area (Å²) < 4.78 is 11.3. The van der Waals surface area contributed by atoms with E-state index in [0.717, 1.165) is 13.2 Å². The van der Waals surface area contributed by atoms with Crippen LogP contribution in [0, 0.1) is 0 Å². The number of hydrogen-bond acceptors (Lipinski definition) is 2. The van der Waals surface area contributed by atoms with E-state index >= 15 is 0 Å². The molecular formula is C13H20O2Si. The standard InChI is InChI=1S/C13H20O2Si/c1-4-14-16(15-5-2)12(3)11-13-9-7-6-8-10-13/h6-11,16H,4-5H2,1-3H3. The van der Waals surface area contributed by atoms with E-state index in [-0.39, 0.29) is 0 Å². The second-order valence-corrected chi connectivity index (χ2v) is 5.78. The Labute approximate surface area is 99.7 Å². The van der Waals surface area contributed by atoms with E-state index in [9.17, 15) is 0 Å². The van der Waals surface area contributed by atoms with Crippen molar-refractivity contribution >= 4 is 15.4 Å². The Balaban J connectivity index is 2.73. The third kappa shape index (κ3) is 4.31. The third-order valence-corrected chi connectivity index (χ3v) is 4.38. The van der Waals surface area contributed by atoms with Gasteiger partial charge in [0.1, 0.15) is 0 Å². The van der Waals surface area contributed by atoms with Gasteiger partial charge in [0, 0.05) is 13.2 Å². The van der Waals surface area contributed by atoms with E-state index in [4.69, 9.17) is 8.85 Å². The Morgan fingerprint density at radius 2 is 1.69 bits per heavy atom. The summed E-state index contributed by atoms with van der Waals surface area (Å²) in [4.78, 5) is 0. The Kier molecular flexibility index (Phi) is 6.07. The zero-order chi connectivity index (χ0) is 11.8. The highest BCUT2D eigenvalue weighted by Gasteiger charge is 2.14. The van der Waals surface area contributed by atoms with Crippen LogP contribution in [0.25, 0.3) is 6.08 Å². The van der Waals surface area contributed by atoms with Crippen molar-refractivity contribution in [3.05, 3.63) is 41.1 Å². The molecule has 0 atom stereocenters. The third-order valence-electron chi connectivity index (χ3n) is 2.20. The van der Waals surface area contributed by atoms with Crippen LogP contribution in [0.5, 0.6) is 0 Å². The topological polar surface area (TPSA) is 18.5 Å². The summed E-state index contributed by atoms with van der Waals surface area (Å²) >= 11 is 0. The minimum atomic E-state index is -1.64. The van der Waals surface area contributed by atoms with Gasteiger partial charge < -0.3 is 8.85 Å². The van der Waals surface area contributed by atoms with Gasteiger partial charge in [-0.3, -0.25) is 0 Å². The number of hydrogen-bond donors (Lipinski definition) is 0. The largest absolute Gasteiger partial charge is 0.394 e. The lowest BCUT2D eigenvalue weighted by molar-refractivity contribution is 0.221. The SMILES string of the molecule is CCO[SiH](OCC)C(C)=Cc1ccccc1. The summed E-state index contributed by atoms with van der Waals surface area (Å²) in [5, 5.41) is 1.23. The molecule has 0 spiro atoms. The van der Waals surface area contributed by atoms with Crippen LogP contribution < -0.4 is 0 Å². The van der Waals surface area contributed by atoms with Gasteiger partial charge in [-0.25, -0.2) is 0 Å². The second-order valence-electron chi connectivity index (χ2n) is 3.54. The van der Waals surface area contributed by atoms with Crippen LogP contribution in [0.3, 0.4) is 0 Å². The molecule has 0 saturated heterocycles. The molecule has 1 aromatic rings. The summed E-state index contributed by atoms with van der Waals surface area (Å²) in [5.41, 5.74) is 1.21. The summed E-state index contributed by atoms with van der Waals surface area (Å²) in [6.45, 7) is 7.55. The quantitative estimate of drug-likeness (QED) is 0.707. The van der Waals surface area contributed by atoms with Gasteiger partial charge >= 0.3 is 9.28 Å². The molecule has 0 N–H and O–H groups in total.